The number of anilines is 1. The minimum Gasteiger partial charge on any atom is -0.477 e. The van der Waals surface area contributed by atoms with Crippen LogP contribution in [-0.4, -0.2) is 36.1 Å². The highest BCUT2D eigenvalue weighted by Gasteiger charge is 2.20. The van der Waals surface area contributed by atoms with Gasteiger partial charge in [-0.05, 0) is 25.1 Å². The summed E-state index contributed by atoms with van der Waals surface area (Å²) >= 11 is 0. The number of nitrogens with zero attached hydrogens (tertiary/aromatic N) is 1. The van der Waals surface area contributed by atoms with Crippen molar-refractivity contribution < 1.29 is 23.1 Å². The number of aromatic amines is 1. The number of hydrogen-bond acceptors (Lipinski definition) is 5. The van der Waals surface area contributed by atoms with Gasteiger partial charge in [0.05, 0.1) is 6.61 Å². The summed E-state index contributed by atoms with van der Waals surface area (Å²) in [6, 6.07) is 4.09. The molecule has 112 valence electrons. The Labute approximate surface area is 120 Å². The van der Waals surface area contributed by atoms with Crippen LogP contribution in [0.15, 0.2) is 35.5 Å². The first kappa shape index (κ1) is 14.9. The number of carboxylic acid groups (broad SMARTS) is 1. The van der Waals surface area contributed by atoms with Crippen molar-refractivity contribution in [2.75, 3.05) is 11.3 Å². The average molecular weight is 311 g/mol. The normalized spacial score (nSPS) is 11.1. The van der Waals surface area contributed by atoms with Crippen LogP contribution < -0.4 is 9.46 Å². The lowest BCUT2D eigenvalue weighted by molar-refractivity contribution is 0.0691. The van der Waals surface area contributed by atoms with Crippen molar-refractivity contribution in [2.24, 2.45) is 0 Å². The van der Waals surface area contributed by atoms with Gasteiger partial charge in [0, 0.05) is 12.4 Å². The summed E-state index contributed by atoms with van der Waals surface area (Å²) in [5.41, 5.74) is -0.0379. The largest absolute Gasteiger partial charge is 0.477 e. The molecule has 0 aromatic carbocycles. The van der Waals surface area contributed by atoms with Crippen LogP contribution in [0.4, 0.5) is 5.69 Å². The molecule has 0 amide bonds. The molecule has 0 radical (unpaired) electrons. The molecule has 0 bridgehead atoms. The third-order valence-corrected chi connectivity index (χ3v) is 3.84. The van der Waals surface area contributed by atoms with Crippen LogP contribution in [0.2, 0.25) is 0 Å². The fourth-order valence-corrected chi connectivity index (χ4v) is 2.63. The zero-order valence-electron chi connectivity index (χ0n) is 11.0. The van der Waals surface area contributed by atoms with Crippen molar-refractivity contribution in [1.82, 2.24) is 9.97 Å². The van der Waals surface area contributed by atoms with Crippen molar-refractivity contribution in [3.05, 3.63) is 36.3 Å². The van der Waals surface area contributed by atoms with Gasteiger partial charge >= 0.3 is 5.97 Å². The van der Waals surface area contributed by atoms with Crippen LogP contribution in [0.25, 0.3) is 0 Å². The molecule has 21 heavy (non-hydrogen) atoms. The van der Waals surface area contributed by atoms with Crippen LogP contribution >= 0.6 is 0 Å². The molecule has 2 aromatic rings. The summed E-state index contributed by atoms with van der Waals surface area (Å²) < 4.78 is 31.9. The predicted molar refractivity (Wildman–Crippen MR) is 74.0 cm³/mol. The van der Waals surface area contributed by atoms with E-state index in [-0.39, 0.29) is 22.2 Å². The van der Waals surface area contributed by atoms with Gasteiger partial charge in [-0.2, -0.15) is 0 Å². The minimum atomic E-state index is -3.93. The second-order valence-corrected chi connectivity index (χ2v) is 5.63. The van der Waals surface area contributed by atoms with Gasteiger partial charge in [-0.1, -0.05) is 0 Å². The van der Waals surface area contributed by atoms with Crippen molar-refractivity contribution in [3.63, 3.8) is 0 Å². The van der Waals surface area contributed by atoms with E-state index >= 15 is 0 Å². The number of aromatic carboxylic acids is 1. The summed E-state index contributed by atoms with van der Waals surface area (Å²) in [5.74, 6) is -1.09. The second-order valence-electron chi connectivity index (χ2n) is 3.95. The molecule has 0 atom stereocenters. The Morgan fingerprint density at radius 1 is 1.52 bits per heavy atom. The fourth-order valence-electron chi connectivity index (χ4n) is 1.58. The Morgan fingerprint density at radius 3 is 2.90 bits per heavy atom. The molecule has 0 fully saturated rings. The number of nitrogens with one attached hydrogen (secondary N) is 2. The van der Waals surface area contributed by atoms with Crippen LogP contribution in [-0.2, 0) is 10.0 Å². The maximum atomic E-state index is 12.2. The molecule has 0 spiro atoms. The first-order chi connectivity index (χ1) is 9.94. The molecule has 0 aliphatic rings. The Morgan fingerprint density at radius 2 is 2.29 bits per heavy atom. The van der Waals surface area contributed by atoms with E-state index in [0.717, 1.165) is 12.3 Å². The molecular weight excluding hydrogens is 298 g/mol. The molecule has 0 saturated carbocycles. The molecule has 2 rings (SSSR count). The van der Waals surface area contributed by atoms with Gasteiger partial charge in [0.25, 0.3) is 10.0 Å². The summed E-state index contributed by atoms with van der Waals surface area (Å²) in [6.07, 6.45) is 2.57. The van der Waals surface area contributed by atoms with Crippen LogP contribution in [0.1, 0.15) is 17.4 Å². The van der Waals surface area contributed by atoms with Gasteiger partial charge in [-0.15, -0.1) is 0 Å². The molecule has 9 heteroatoms. The monoisotopic (exact) mass is 311 g/mol. The summed E-state index contributed by atoms with van der Waals surface area (Å²) in [6.45, 7) is 2.08. The molecule has 3 N–H and O–H groups in total. The first-order valence-electron chi connectivity index (χ1n) is 5.96. The summed E-state index contributed by atoms with van der Waals surface area (Å²) in [4.78, 5) is 16.9. The van der Waals surface area contributed by atoms with Crippen molar-refractivity contribution in [2.45, 2.75) is 11.8 Å². The van der Waals surface area contributed by atoms with E-state index in [2.05, 4.69) is 14.7 Å². The number of carboxylic acids is 1. The van der Waals surface area contributed by atoms with Crippen LogP contribution in [0.3, 0.4) is 0 Å². The number of H-pyrrole nitrogens is 1. The minimum absolute atomic E-state index is 0.151. The smallest absolute Gasteiger partial charge is 0.352 e. The lowest BCUT2D eigenvalue weighted by Crippen LogP contribution is -2.13. The lowest BCUT2D eigenvalue weighted by atomic mass is 10.4. The van der Waals surface area contributed by atoms with Crippen molar-refractivity contribution in [1.29, 1.82) is 0 Å². The number of hydrogen-bond donors (Lipinski definition) is 3. The molecule has 0 aliphatic heterocycles. The topological polar surface area (TPSA) is 121 Å². The van der Waals surface area contributed by atoms with E-state index in [9.17, 15) is 13.2 Å². The van der Waals surface area contributed by atoms with Gasteiger partial charge in [-0.3, -0.25) is 4.72 Å². The van der Waals surface area contributed by atoms with Crippen molar-refractivity contribution >= 4 is 21.7 Å². The third-order valence-electron chi connectivity index (χ3n) is 2.49. The van der Waals surface area contributed by atoms with Gasteiger partial charge in [0.15, 0.2) is 0 Å². The van der Waals surface area contributed by atoms with Crippen LogP contribution in [0.5, 0.6) is 5.88 Å². The Kier molecular flexibility index (Phi) is 4.13. The number of pyridine rings is 1. The number of rotatable bonds is 6. The predicted octanol–water partition coefficient (Wildman–Crippen LogP) is 1.31. The molecule has 0 saturated heterocycles. The molecule has 8 nitrogen and oxygen atoms in total. The standard InChI is InChI=1S/C12H13N3O5S/c1-2-20-11-9(4-3-5-13-11)15-21(18,19)8-6-10(12(16)17)14-7-8/h3-7,14-15H,2H2,1H3,(H,16,17). The van der Waals surface area contributed by atoms with E-state index in [0.29, 0.717) is 6.61 Å². The zero-order valence-corrected chi connectivity index (χ0v) is 11.8. The van der Waals surface area contributed by atoms with Gasteiger partial charge < -0.3 is 14.8 Å². The summed E-state index contributed by atoms with van der Waals surface area (Å²) in [7, 11) is -3.93. The molecule has 2 aromatic heterocycles. The molecular formula is C12H13N3O5S. The van der Waals surface area contributed by atoms with Gasteiger partial charge in [0.1, 0.15) is 16.3 Å². The maximum absolute atomic E-state index is 12.2. The summed E-state index contributed by atoms with van der Waals surface area (Å²) in [5, 5.41) is 8.79. The highest BCUT2D eigenvalue weighted by molar-refractivity contribution is 7.92. The third kappa shape index (κ3) is 3.31. The first-order valence-corrected chi connectivity index (χ1v) is 7.44. The van der Waals surface area contributed by atoms with E-state index in [1.165, 1.54) is 12.3 Å². The second kappa shape index (κ2) is 5.83. The van der Waals surface area contributed by atoms with E-state index < -0.39 is 16.0 Å². The number of carbonyl (C=O) groups is 1. The molecule has 0 aliphatic carbocycles. The number of aromatic nitrogens is 2. The highest BCUT2D eigenvalue weighted by atomic mass is 32.2. The Balaban J connectivity index is 2.30. The molecule has 0 unspecified atom stereocenters. The zero-order chi connectivity index (χ0) is 15.5. The van der Waals surface area contributed by atoms with Gasteiger partial charge in [0.2, 0.25) is 5.88 Å². The molecule has 2 heterocycles. The van der Waals surface area contributed by atoms with Crippen LogP contribution in [0, 0.1) is 0 Å². The average Bonchev–Trinajstić information content (AvgIpc) is 2.92. The maximum Gasteiger partial charge on any atom is 0.352 e. The lowest BCUT2D eigenvalue weighted by Gasteiger charge is -2.10. The Bertz CT molecular complexity index is 754. The Hall–Kier alpha value is -2.55. The number of sulfonamides is 1. The van der Waals surface area contributed by atoms with E-state index in [1.54, 1.807) is 13.0 Å². The van der Waals surface area contributed by atoms with Crippen molar-refractivity contribution in [3.8, 4) is 5.88 Å². The van der Waals surface area contributed by atoms with E-state index in [4.69, 9.17) is 9.84 Å². The highest BCUT2D eigenvalue weighted by Crippen LogP contribution is 2.24. The number of ether oxygens (including phenoxy) is 1. The fraction of sp³-hybridized carbons (Fsp3) is 0.167. The van der Waals surface area contributed by atoms with Gasteiger partial charge in [-0.25, -0.2) is 18.2 Å². The van der Waals surface area contributed by atoms with E-state index in [1.807, 2.05) is 0 Å². The SMILES string of the molecule is CCOc1ncccc1NS(=O)(=O)c1c[nH]c(C(=O)O)c1. The quantitative estimate of drug-likeness (QED) is 0.739.